The molecule has 96 heavy (non-hydrogen) atoms. The number of amides is 1. The number of rotatable bonds is 82. The number of aliphatic hydroxyl groups excluding tert-OH is 2. The second kappa shape index (κ2) is 85.0. The van der Waals surface area contributed by atoms with Crippen molar-refractivity contribution < 1.29 is 24.5 Å². The zero-order valence-electron chi connectivity index (χ0n) is 64.9. The molecular formula is C90H169NO5. The van der Waals surface area contributed by atoms with Gasteiger partial charge in [-0.3, -0.25) is 9.59 Å². The maximum atomic E-state index is 12.6. The van der Waals surface area contributed by atoms with E-state index < -0.39 is 12.1 Å². The van der Waals surface area contributed by atoms with Gasteiger partial charge in [0.15, 0.2) is 0 Å². The zero-order valence-corrected chi connectivity index (χ0v) is 64.9. The summed E-state index contributed by atoms with van der Waals surface area (Å²) in [6, 6.07) is -0.628. The number of carbonyl (C=O) groups is 2. The summed E-state index contributed by atoms with van der Waals surface area (Å²) in [6.07, 6.45) is 115. The number of esters is 1. The second-order valence-electron chi connectivity index (χ2n) is 29.9. The van der Waals surface area contributed by atoms with Crippen molar-refractivity contribution in [3.05, 3.63) is 60.8 Å². The lowest BCUT2D eigenvalue weighted by Gasteiger charge is -2.20. The van der Waals surface area contributed by atoms with Crippen molar-refractivity contribution in [1.82, 2.24) is 5.32 Å². The van der Waals surface area contributed by atoms with Gasteiger partial charge in [-0.1, -0.05) is 428 Å². The van der Waals surface area contributed by atoms with Crippen LogP contribution in [0.15, 0.2) is 60.8 Å². The highest BCUT2D eigenvalue weighted by Gasteiger charge is 2.18. The molecule has 1 amide bonds. The van der Waals surface area contributed by atoms with Crippen LogP contribution >= 0.6 is 0 Å². The van der Waals surface area contributed by atoms with Crippen LogP contribution in [0.3, 0.4) is 0 Å². The molecule has 0 aliphatic rings. The number of nitrogens with one attached hydrogen (secondary N) is 1. The fourth-order valence-corrected chi connectivity index (χ4v) is 13.6. The van der Waals surface area contributed by atoms with Crippen LogP contribution in [-0.2, 0) is 14.3 Å². The Morgan fingerprint density at radius 3 is 0.812 bits per heavy atom. The summed E-state index contributed by atoms with van der Waals surface area (Å²) < 4.78 is 5.52. The fourth-order valence-electron chi connectivity index (χ4n) is 13.6. The van der Waals surface area contributed by atoms with Crippen molar-refractivity contribution in [3.63, 3.8) is 0 Å². The van der Waals surface area contributed by atoms with Gasteiger partial charge in [0.2, 0.25) is 5.91 Å². The Morgan fingerprint density at radius 1 is 0.292 bits per heavy atom. The van der Waals surface area contributed by atoms with Crippen LogP contribution in [0.2, 0.25) is 0 Å². The van der Waals surface area contributed by atoms with E-state index in [2.05, 4.69) is 67.8 Å². The molecule has 0 fully saturated rings. The van der Waals surface area contributed by atoms with Gasteiger partial charge in [-0.05, 0) is 96.3 Å². The molecule has 0 heterocycles. The van der Waals surface area contributed by atoms with E-state index in [4.69, 9.17) is 4.74 Å². The van der Waals surface area contributed by atoms with Crippen LogP contribution in [0, 0.1) is 0 Å². The highest BCUT2D eigenvalue weighted by atomic mass is 16.5. The molecule has 0 aromatic heterocycles. The predicted octanol–water partition coefficient (Wildman–Crippen LogP) is 29.3. The normalized spacial score (nSPS) is 12.8. The standard InChI is InChI=1S/C90H169NO5/c1-3-5-7-9-11-13-15-17-19-21-23-24-40-43-47-50-54-58-62-66-70-74-78-82-88(93)87(86-92)91-89(94)83-79-75-71-67-63-59-55-51-48-44-41-38-36-34-32-30-28-26-25-27-29-31-33-35-37-39-42-45-49-53-57-61-65-69-73-77-81-85-96-90(95)84-80-76-72-68-64-60-56-52-46-22-20-18-16-14-12-10-8-6-4-2/h12,14,18,20,25,27,31,33,78,82,87-88,92-93H,3-11,13,15-17,19,21-24,26,28-30,32,34-77,79-81,83-86H2,1-2H3,(H,91,94)/b14-12-,20-18-,27-25-,33-31-,82-78+. The van der Waals surface area contributed by atoms with E-state index in [1.165, 1.54) is 392 Å². The number of hydrogen-bond acceptors (Lipinski definition) is 5. The van der Waals surface area contributed by atoms with Crippen LogP contribution in [0.25, 0.3) is 0 Å². The lowest BCUT2D eigenvalue weighted by molar-refractivity contribution is -0.143. The van der Waals surface area contributed by atoms with E-state index >= 15 is 0 Å². The quantitative estimate of drug-likeness (QED) is 0.0320. The minimum atomic E-state index is -0.845. The Kier molecular flexibility index (Phi) is 82.8. The van der Waals surface area contributed by atoms with Crippen molar-refractivity contribution in [2.45, 2.75) is 488 Å². The van der Waals surface area contributed by atoms with Gasteiger partial charge in [0.1, 0.15) is 0 Å². The molecule has 0 rings (SSSR count). The van der Waals surface area contributed by atoms with Gasteiger partial charge in [0.05, 0.1) is 25.4 Å². The lowest BCUT2D eigenvalue weighted by atomic mass is 10.0. The average Bonchev–Trinajstić information content (AvgIpc) is 3.69. The summed E-state index contributed by atoms with van der Waals surface area (Å²) in [5.41, 5.74) is 0. The third-order valence-electron chi connectivity index (χ3n) is 20.3. The molecule has 0 saturated carbocycles. The number of ether oxygens (including phenoxy) is 1. The minimum Gasteiger partial charge on any atom is -0.466 e. The highest BCUT2D eigenvalue weighted by Crippen LogP contribution is 2.20. The number of carbonyl (C=O) groups excluding carboxylic acids is 2. The van der Waals surface area contributed by atoms with E-state index in [9.17, 15) is 19.8 Å². The first-order valence-electron chi connectivity index (χ1n) is 43.6. The van der Waals surface area contributed by atoms with E-state index in [0.29, 0.717) is 19.4 Å². The topological polar surface area (TPSA) is 95.9 Å². The molecular weight excluding hydrogens is 1170 g/mol. The van der Waals surface area contributed by atoms with Crippen LogP contribution < -0.4 is 5.32 Å². The van der Waals surface area contributed by atoms with Gasteiger partial charge in [-0.25, -0.2) is 0 Å². The molecule has 0 saturated heterocycles. The predicted molar refractivity (Wildman–Crippen MR) is 425 cm³/mol. The summed E-state index contributed by atoms with van der Waals surface area (Å²) >= 11 is 0. The van der Waals surface area contributed by atoms with E-state index in [0.717, 1.165) is 57.8 Å². The largest absolute Gasteiger partial charge is 0.466 e. The number of unbranched alkanes of at least 4 members (excludes halogenated alkanes) is 63. The van der Waals surface area contributed by atoms with Crippen molar-refractivity contribution in [2.24, 2.45) is 0 Å². The molecule has 0 aliphatic heterocycles. The Morgan fingerprint density at radius 2 is 0.521 bits per heavy atom. The first-order chi connectivity index (χ1) is 47.5. The van der Waals surface area contributed by atoms with Gasteiger partial charge in [-0.15, -0.1) is 0 Å². The third-order valence-corrected chi connectivity index (χ3v) is 20.3. The third kappa shape index (κ3) is 80.5. The molecule has 3 N–H and O–H groups in total. The SMILES string of the molecule is CCCCC/C=C\C/C=C\CCCCCCCCCCCC(=O)OCCCCCCCCCCCCCCC/C=C\C/C=C\CCCCCCCCCCCCCCCCCCCC(=O)NC(CO)C(O)/C=C/CCCCCCCCCCCCCCCCCCCCCCC. The molecule has 6 heteroatoms. The molecule has 0 bridgehead atoms. The van der Waals surface area contributed by atoms with Crippen LogP contribution in [0.4, 0.5) is 0 Å². The molecule has 0 aromatic carbocycles. The highest BCUT2D eigenvalue weighted by molar-refractivity contribution is 5.76. The smallest absolute Gasteiger partial charge is 0.305 e. The number of aliphatic hydroxyl groups is 2. The van der Waals surface area contributed by atoms with Gasteiger partial charge >= 0.3 is 5.97 Å². The van der Waals surface area contributed by atoms with Gasteiger partial charge in [-0.2, -0.15) is 0 Å². The lowest BCUT2D eigenvalue weighted by Crippen LogP contribution is -2.45. The average molecular weight is 1350 g/mol. The Labute approximate surface area is 600 Å². The van der Waals surface area contributed by atoms with Crippen LogP contribution in [0.1, 0.15) is 476 Å². The van der Waals surface area contributed by atoms with E-state index in [1.54, 1.807) is 6.08 Å². The summed E-state index contributed by atoms with van der Waals surface area (Å²) in [7, 11) is 0. The van der Waals surface area contributed by atoms with Gasteiger partial charge < -0.3 is 20.3 Å². The van der Waals surface area contributed by atoms with Crippen molar-refractivity contribution in [1.29, 1.82) is 0 Å². The minimum absolute atomic E-state index is 0.0153. The fraction of sp³-hybridized carbons (Fsp3) is 0.867. The maximum absolute atomic E-state index is 12.6. The Bertz CT molecular complexity index is 1650. The van der Waals surface area contributed by atoms with Crippen molar-refractivity contribution in [2.75, 3.05) is 13.2 Å². The van der Waals surface area contributed by atoms with E-state index in [1.807, 2.05) is 6.08 Å². The molecule has 0 aromatic rings. The molecule has 0 aliphatic carbocycles. The maximum Gasteiger partial charge on any atom is 0.305 e. The van der Waals surface area contributed by atoms with Crippen molar-refractivity contribution >= 4 is 11.9 Å². The number of hydrogen-bond donors (Lipinski definition) is 3. The summed E-state index contributed by atoms with van der Waals surface area (Å²) in [4.78, 5) is 24.7. The Balaban J connectivity index is 3.38. The van der Waals surface area contributed by atoms with E-state index in [-0.39, 0.29) is 18.5 Å². The second-order valence-corrected chi connectivity index (χ2v) is 29.9. The Hall–Kier alpha value is -2.44. The summed E-state index contributed by atoms with van der Waals surface area (Å²) in [6.45, 7) is 4.93. The molecule has 2 atom stereocenters. The first kappa shape index (κ1) is 93.6. The zero-order chi connectivity index (χ0) is 69.1. The monoisotopic (exact) mass is 1340 g/mol. The molecule has 6 nitrogen and oxygen atoms in total. The van der Waals surface area contributed by atoms with Gasteiger partial charge in [0, 0.05) is 12.8 Å². The molecule has 0 spiro atoms. The van der Waals surface area contributed by atoms with Crippen molar-refractivity contribution in [3.8, 4) is 0 Å². The molecule has 0 radical (unpaired) electrons. The van der Waals surface area contributed by atoms with Crippen LogP contribution in [0.5, 0.6) is 0 Å². The number of allylic oxidation sites excluding steroid dienone is 9. The van der Waals surface area contributed by atoms with Crippen LogP contribution in [-0.4, -0.2) is 47.4 Å². The summed E-state index contributed by atoms with van der Waals surface area (Å²) in [5, 5.41) is 23.3. The first-order valence-corrected chi connectivity index (χ1v) is 43.6. The summed E-state index contributed by atoms with van der Waals surface area (Å²) in [5.74, 6) is -0.0452. The molecule has 564 valence electrons. The molecule has 2 unspecified atom stereocenters. The van der Waals surface area contributed by atoms with Gasteiger partial charge in [0.25, 0.3) is 0 Å².